The van der Waals surface area contributed by atoms with Crippen LogP contribution in [0.25, 0.3) is 0 Å². The summed E-state index contributed by atoms with van der Waals surface area (Å²) < 4.78 is 1.28. The molecule has 0 aliphatic rings. The molecule has 3 N–H and O–H groups in total. The second-order valence-corrected chi connectivity index (χ2v) is 7.67. The first-order valence-corrected chi connectivity index (χ1v) is 10.7. The average molecular weight is 425 g/mol. The van der Waals surface area contributed by atoms with Gasteiger partial charge in [-0.1, -0.05) is 60.7 Å². The maximum Gasteiger partial charge on any atom is 0.330 e. The lowest BCUT2D eigenvalue weighted by atomic mass is 10.2. The molecule has 2 aromatic carbocycles. The van der Waals surface area contributed by atoms with Gasteiger partial charge in [0.25, 0.3) is 5.56 Å². The summed E-state index contributed by atoms with van der Waals surface area (Å²) in [5, 5.41) is 0. The van der Waals surface area contributed by atoms with E-state index in [2.05, 4.69) is 4.98 Å². The Morgan fingerprint density at radius 2 is 1.63 bits per heavy atom. The molecule has 0 aliphatic heterocycles. The Hall–Kier alpha value is -3.26. The number of nitrogens with one attached hydrogen (secondary N) is 1. The molecule has 3 aromatic rings. The maximum absolute atomic E-state index is 12.8. The van der Waals surface area contributed by atoms with Crippen molar-refractivity contribution >= 4 is 29.2 Å². The van der Waals surface area contributed by atoms with Crippen molar-refractivity contribution in [1.82, 2.24) is 9.55 Å². The molecular formula is C22H24N4O3S. The third kappa shape index (κ3) is 5.01. The van der Waals surface area contributed by atoms with Gasteiger partial charge >= 0.3 is 5.69 Å². The van der Waals surface area contributed by atoms with Crippen molar-refractivity contribution in [2.45, 2.75) is 19.2 Å². The highest BCUT2D eigenvalue weighted by Crippen LogP contribution is 2.20. The topological polar surface area (TPSA) is 101 Å². The number of thioether (sulfide) groups is 1. The van der Waals surface area contributed by atoms with Crippen LogP contribution in [0.2, 0.25) is 0 Å². The number of anilines is 2. The highest BCUT2D eigenvalue weighted by atomic mass is 32.2. The first-order chi connectivity index (χ1) is 14.5. The molecule has 0 saturated heterocycles. The quantitative estimate of drug-likeness (QED) is 0.578. The number of benzene rings is 2. The van der Waals surface area contributed by atoms with Crippen LogP contribution in [0.1, 0.15) is 18.1 Å². The zero-order chi connectivity index (χ0) is 21.5. The maximum atomic E-state index is 12.8. The minimum Gasteiger partial charge on any atom is -0.383 e. The summed E-state index contributed by atoms with van der Waals surface area (Å²) in [4.78, 5) is 41.3. The van der Waals surface area contributed by atoms with Crippen molar-refractivity contribution in [3.63, 3.8) is 0 Å². The Bertz CT molecular complexity index is 1110. The normalized spacial score (nSPS) is 10.7. The molecule has 1 aromatic heterocycles. The van der Waals surface area contributed by atoms with Gasteiger partial charge in [0.1, 0.15) is 5.82 Å². The lowest BCUT2D eigenvalue weighted by Crippen LogP contribution is -2.41. The third-order valence-electron chi connectivity index (χ3n) is 4.62. The molecule has 30 heavy (non-hydrogen) atoms. The van der Waals surface area contributed by atoms with Gasteiger partial charge in [-0.2, -0.15) is 0 Å². The van der Waals surface area contributed by atoms with Crippen molar-refractivity contribution in [2.24, 2.45) is 0 Å². The molecule has 3 rings (SSSR count). The summed E-state index contributed by atoms with van der Waals surface area (Å²) in [6, 6.07) is 19.1. The van der Waals surface area contributed by atoms with E-state index in [0.29, 0.717) is 5.75 Å². The van der Waals surface area contributed by atoms with Gasteiger partial charge in [0, 0.05) is 12.3 Å². The molecule has 7 nitrogen and oxygen atoms in total. The average Bonchev–Trinajstić information content (AvgIpc) is 2.75. The molecule has 0 fully saturated rings. The molecule has 0 radical (unpaired) electrons. The Morgan fingerprint density at radius 3 is 2.23 bits per heavy atom. The van der Waals surface area contributed by atoms with Crippen LogP contribution in [-0.2, 0) is 17.1 Å². The third-order valence-corrected chi connectivity index (χ3v) is 5.61. The number of aromatic nitrogens is 2. The fraction of sp³-hybridized carbons (Fsp3) is 0.227. The van der Waals surface area contributed by atoms with Crippen molar-refractivity contribution < 1.29 is 4.79 Å². The van der Waals surface area contributed by atoms with Crippen LogP contribution in [0.5, 0.6) is 0 Å². The fourth-order valence-electron chi connectivity index (χ4n) is 3.13. The number of amides is 1. The molecule has 8 heteroatoms. The number of nitrogen functional groups attached to an aromatic ring is 1. The number of hydrogen-bond acceptors (Lipinski definition) is 5. The number of hydrogen-bond donors (Lipinski definition) is 2. The van der Waals surface area contributed by atoms with Crippen LogP contribution in [0.15, 0.2) is 70.3 Å². The first-order valence-electron chi connectivity index (χ1n) is 9.59. The number of aromatic amines is 1. The molecule has 0 saturated carbocycles. The van der Waals surface area contributed by atoms with Crippen LogP contribution in [0.4, 0.5) is 11.5 Å². The zero-order valence-corrected chi connectivity index (χ0v) is 17.5. The summed E-state index contributed by atoms with van der Waals surface area (Å²) in [6.07, 6.45) is 0. The Labute approximate surface area is 178 Å². The van der Waals surface area contributed by atoms with E-state index in [1.807, 2.05) is 60.7 Å². The molecule has 0 unspecified atom stereocenters. The van der Waals surface area contributed by atoms with Gasteiger partial charge in [-0.05, 0) is 18.1 Å². The summed E-state index contributed by atoms with van der Waals surface area (Å²) in [5.74, 6) is 0.625. The minimum absolute atomic E-state index is 0.0124. The summed E-state index contributed by atoms with van der Waals surface area (Å²) in [6.45, 7) is 2.23. The number of rotatable bonds is 8. The van der Waals surface area contributed by atoms with Crippen LogP contribution >= 0.6 is 11.8 Å². The van der Waals surface area contributed by atoms with Gasteiger partial charge in [0.05, 0.1) is 12.3 Å². The van der Waals surface area contributed by atoms with Gasteiger partial charge in [0.15, 0.2) is 5.69 Å². The van der Waals surface area contributed by atoms with E-state index in [1.54, 1.807) is 6.92 Å². The van der Waals surface area contributed by atoms with E-state index in [-0.39, 0.29) is 36.3 Å². The Kier molecular flexibility index (Phi) is 7.13. The van der Waals surface area contributed by atoms with E-state index in [9.17, 15) is 14.4 Å². The first kappa shape index (κ1) is 21.4. The molecule has 0 atom stereocenters. The SMILES string of the molecule is CCN(C(=O)CSCc1ccccc1)c1c(N)n(Cc2ccccc2)c(=O)[nH]c1=O. The molecule has 0 aliphatic carbocycles. The molecule has 0 bridgehead atoms. The van der Waals surface area contributed by atoms with Crippen LogP contribution in [0.3, 0.4) is 0 Å². The van der Waals surface area contributed by atoms with Crippen molar-refractivity contribution in [3.05, 3.63) is 92.6 Å². The van der Waals surface area contributed by atoms with Gasteiger partial charge in [0.2, 0.25) is 5.91 Å². The molecule has 1 heterocycles. The number of carbonyl (C=O) groups excluding carboxylic acids is 1. The lowest BCUT2D eigenvalue weighted by molar-refractivity contribution is -0.116. The van der Waals surface area contributed by atoms with Gasteiger partial charge < -0.3 is 10.6 Å². The van der Waals surface area contributed by atoms with Crippen molar-refractivity contribution in [3.8, 4) is 0 Å². The fourth-order valence-corrected chi connectivity index (χ4v) is 3.99. The molecule has 0 spiro atoms. The lowest BCUT2D eigenvalue weighted by Gasteiger charge is -2.23. The Balaban J connectivity index is 1.82. The molecule has 1 amide bonds. The number of H-pyrrole nitrogens is 1. The van der Waals surface area contributed by atoms with E-state index in [0.717, 1.165) is 11.1 Å². The second-order valence-electron chi connectivity index (χ2n) is 6.68. The van der Waals surface area contributed by atoms with Crippen molar-refractivity contribution in [1.29, 1.82) is 0 Å². The number of nitrogens with zero attached hydrogens (tertiary/aromatic N) is 2. The van der Waals surface area contributed by atoms with E-state index < -0.39 is 11.2 Å². The summed E-state index contributed by atoms with van der Waals surface area (Å²) in [5.41, 5.74) is 6.93. The number of nitrogens with two attached hydrogens (primary N) is 1. The van der Waals surface area contributed by atoms with Gasteiger partial charge in [-0.3, -0.25) is 19.1 Å². The van der Waals surface area contributed by atoms with E-state index in [1.165, 1.54) is 21.2 Å². The summed E-state index contributed by atoms with van der Waals surface area (Å²) in [7, 11) is 0. The predicted octanol–water partition coefficient (Wildman–Crippen LogP) is 2.45. The Morgan fingerprint density at radius 1 is 1.03 bits per heavy atom. The van der Waals surface area contributed by atoms with Crippen LogP contribution in [-0.4, -0.2) is 27.8 Å². The zero-order valence-electron chi connectivity index (χ0n) is 16.7. The highest BCUT2D eigenvalue weighted by molar-refractivity contribution is 7.99. The van der Waals surface area contributed by atoms with Gasteiger partial charge in [-0.25, -0.2) is 4.79 Å². The predicted molar refractivity (Wildman–Crippen MR) is 122 cm³/mol. The number of carbonyl (C=O) groups is 1. The van der Waals surface area contributed by atoms with Gasteiger partial charge in [-0.15, -0.1) is 11.8 Å². The molecular weight excluding hydrogens is 400 g/mol. The monoisotopic (exact) mass is 424 g/mol. The van der Waals surface area contributed by atoms with Crippen LogP contribution < -0.4 is 21.9 Å². The largest absolute Gasteiger partial charge is 0.383 e. The standard InChI is InChI=1S/C22H24N4O3S/c1-2-25(18(27)15-30-14-17-11-7-4-8-12-17)19-20(23)26(22(29)24-21(19)28)13-16-9-5-3-6-10-16/h3-12H,2,13-15,23H2,1H3,(H,24,28,29). The minimum atomic E-state index is -0.662. The van der Waals surface area contributed by atoms with Crippen molar-refractivity contribution in [2.75, 3.05) is 22.9 Å². The summed E-state index contributed by atoms with van der Waals surface area (Å²) >= 11 is 1.46. The second kappa shape index (κ2) is 9.98. The molecule has 156 valence electrons. The smallest absolute Gasteiger partial charge is 0.330 e. The highest BCUT2D eigenvalue weighted by Gasteiger charge is 2.23. The van der Waals surface area contributed by atoms with Crippen LogP contribution in [0, 0.1) is 0 Å². The van der Waals surface area contributed by atoms with E-state index in [4.69, 9.17) is 5.73 Å². The van der Waals surface area contributed by atoms with E-state index >= 15 is 0 Å².